The summed E-state index contributed by atoms with van der Waals surface area (Å²) in [6, 6.07) is 14.4. The summed E-state index contributed by atoms with van der Waals surface area (Å²) in [6.07, 6.45) is 3.39. The third-order valence-electron chi connectivity index (χ3n) is 3.97. The van der Waals surface area contributed by atoms with E-state index in [1.54, 1.807) is 25.4 Å². The van der Waals surface area contributed by atoms with Gasteiger partial charge in [-0.05, 0) is 43.2 Å². The van der Waals surface area contributed by atoms with Crippen LogP contribution < -0.4 is 10.9 Å². The first-order valence-electron chi connectivity index (χ1n) is 8.01. The van der Waals surface area contributed by atoms with Gasteiger partial charge in [0.1, 0.15) is 0 Å². The number of H-pyrrole nitrogens is 1. The highest BCUT2D eigenvalue weighted by molar-refractivity contribution is 5.94. The van der Waals surface area contributed by atoms with Crippen LogP contribution in [-0.4, -0.2) is 15.9 Å². The van der Waals surface area contributed by atoms with E-state index >= 15 is 0 Å². The van der Waals surface area contributed by atoms with Gasteiger partial charge >= 0.3 is 0 Å². The number of aryl methyl sites for hydroxylation is 2. The van der Waals surface area contributed by atoms with Crippen molar-refractivity contribution in [3.63, 3.8) is 0 Å². The third-order valence-corrected chi connectivity index (χ3v) is 3.97. The van der Waals surface area contributed by atoms with Crippen LogP contribution in [0.3, 0.4) is 0 Å². The van der Waals surface area contributed by atoms with Crippen molar-refractivity contribution in [1.29, 1.82) is 0 Å². The van der Waals surface area contributed by atoms with Gasteiger partial charge in [0, 0.05) is 29.7 Å². The quantitative estimate of drug-likeness (QED) is 0.771. The summed E-state index contributed by atoms with van der Waals surface area (Å²) in [5, 5.41) is 3.02. The molecule has 5 heteroatoms. The summed E-state index contributed by atoms with van der Waals surface area (Å²) in [4.78, 5) is 31.0. The maximum absolute atomic E-state index is 12.7. The van der Waals surface area contributed by atoms with Crippen LogP contribution in [0, 0.1) is 13.8 Å². The molecule has 1 amide bonds. The fourth-order valence-electron chi connectivity index (χ4n) is 2.70. The fraction of sp³-hybridized carbons (Fsp3) is 0.150. The minimum atomic E-state index is -0.323. The van der Waals surface area contributed by atoms with Gasteiger partial charge in [-0.3, -0.25) is 14.6 Å². The van der Waals surface area contributed by atoms with E-state index < -0.39 is 0 Å². The second-order valence-electron chi connectivity index (χ2n) is 6.01. The van der Waals surface area contributed by atoms with Crippen LogP contribution in [0.2, 0.25) is 0 Å². The van der Waals surface area contributed by atoms with E-state index in [0.717, 1.165) is 16.7 Å². The standard InChI is InChI=1S/C20H19N3O2/c1-13-3-5-15(6-4-13)19(16-7-9-21-10-8-16)23-20(25)17-11-14(2)22-18(24)12-17/h3-12,19H,1-2H3,(H,22,24)(H,23,25)/t19-/m0/s1. The molecule has 5 nitrogen and oxygen atoms in total. The predicted octanol–water partition coefficient (Wildman–Crippen LogP) is 2.91. The van der Waals surface area contributed by atoms with Crippen molar-refractivity contribution in [3.8, 4) is 0 Å². The molecule has 0 spiro atoms. The maximum Gasteiger partial charge on any atom is 0.252 e. The van der Waals surface area contributed by atoms with Gasteiger partial charge in [0.25, 0.3) is 5.91 Å². The molecule has 126 valence electrons. The normalized spacial score (nSPS) is 11.8. The number of aromatic nitrogens is 2. The monoisotopic (exact) mass is 333 g/mol. The first kappa shape index (κ1) is 16.6. The molecule has 3 rings (SSSR count). The number of carbonyl (C=O) groups is 1. The highest BCUT2D eigenvalue weighted by Crippen LogP contribution is 2.22. The Labute approximate surface area is 145 Å². The minimum absolute atomic E-state index is 0.291. The van der Waals surface area contributed by atoms with Crippen molar-refractivity contribution in [1.82, 2.24) is 15.3 Å². The van der Waals surface area contributed by atoms with Crippen molar-refractivity contribution in [2.45, 2.75) is 19.9 Å². The molecule has 0 aliphatic heterocycles. The highest BCUT2D eigenvalue weighted by Gasteiger charge is 2.18. The number of benzene rings is 1. The number of nitrogens with one attached hydrogen (secondary N) is 2. The summed E-state index contributed by atoms with van der Waals surface area (Å²) in [7, 11) is 0. The summed E-state index contributed by atoms with van der Waals surface area (Å²) in [6.45, 7) is 3.77. The zero-order chi connectivity index (χ0) is 17.8. The lowest BCUT2D eigenvalue weighted by atomic mass is 9.98. The van der Waals surface area contributed by atoms with Gasteiger partial charge in [-0.25, -0.2) is 0 Å². The predicted molar refractivity (Wildman–Crippen MR) is 96.5 cm³/mol. The Morgan fingerprint density at radius 3 is 2.28 bits per heavy atom. The van der Waals surface area contributed by atoms with Crippen LogP contribution in [0.15, 0.2) is 65.7 Å². The van der Waals surface area contributed by atoms with Crippen LogP contribution in [0.4, 0.5) is 0 Å². The molecule has 0 saturated heterocycles. The van der Waals surface area contributed by atoms with E-state index in [1.807, 2.05) is 43.3 Å². The van der Waals surface area contributed by atoms with Gasteiger partial charge in [0.05, 0.1) is 6.04 Å². The van der Waals surface area contributed by atoms with Gasteiger partial charge < -0.3 is 10.3 Å². The number of aromatic amines is 1. The van der Waals surface area contributed by atoms with Crippen molar-refractivity contribution < 1.29 is 4.79 Å². The molecule has 25 heavy (non-hydrogen) atoms. The first-order chi connectivity index (χ1) is 12.0. The average molecular weight is 333 g/mol. The lowest BCUT2D eigenvalue weighted by Crippen LogP contribution is -2.30. The largest absolute Gasteiger partial charge is 0.341 e. The summed E-state index contributed by atoms with van der Waals surface area (Å²) >= 11 is 0. The number of amides is 1. The molecule has 1 aromatic carbocycles. The van der Waals surface area contributed by atoms with E-state index in [2.05, 4.69) is 15.3 Å². The maximum atomic E-state index is 12.7. The Hall–Kier alpha value is -3.21. The molecule has 0 aliphatic carbocycles. The number of hydrogen-bond acceptors (Lipinski definition) is 3. The van der Waals surface area contributed by atoms with Gasteiger partial charge in [-0.1, -0.05) is 29.8 Å². The van der Waals surface area contributed by atoms with Crippen LogP contribution in [0.5, 0.6) is 0 Å². The van der Waals surface area contributed by atoms with Gasteiger partial charge in [0.2, 0.25) is 5.56 Å². The molecule has 3 aromatic rings. The molecule has 0 bridgehead atoms. The average Bonchev–Trinajstić information content (AvgIpc) is 2.60. The molecule has 0 unspecified atom stereocenters. The summed E-state index contributed by atoms with van der Waals surface area (Å²) in [5.41, 5.74) is 3.73. The van der Waals surface area contributed by atoms with E-state index in [0.29, 0.717) is 11.3 Å². The lowest BCUT2D eigenvalue weighted by Gasteiger charge is -2.20. The second-order valence-corrected chi connectivity index (χ2v) is 6.01. The fourth-order valence-corrected chi connectivity index (χ4v) is 2.70. The zero-order valence-corrected chi connectivity index (χ0v) is 14.1. The SMILES string of the molecule is Cc1ccc([C@H](NC(=O)c2cc(C)[nH]c(=O)c2)c2ccncc2)cc1. The molecule has 2 N–H and O–H groups in total. The third kappa shape index (κ3) is 4.01. The second kappa shape index (κ2) is 7.13. The van der Waals surface area contributed by atoms with Crippen molar-refractivity contribution >= 4 is 5.91 Å². The molecular formula is C20H19N3O2. The van der Waals surface area contributed by atoms with Crippen LogP contribution in [-0.2, 0) is 0 Å². The number of pyridine rings is 2. The Morgan fingerprint density at radius 2 is 1.64 bits per heavy atom. The number of nitrogens with zero attached hydrogens (tertiary/aromatic N) is 1. The molecule has 2 aromatic heterocycles. The molecule has 0 aliphatic rings. The van der Waals surface area contributed by atoms with Crippen molar-refractivity contribution in [2.75, 3.05) is 0 Å². The van der Waals surface area contributed by atoms with E-state index in [1.165, 1.54) is 6.07 Å². The molecule has 0 fully saturated rings. The highest BCUT2D eigenvalue weighted by atomic mass is 16.2. The molecule has 1 atom stereocenters. The van der Waals surface area contributed by atoms with E-state index in [-0.39, 0.29) is 17.5 Å². The Morgan fingerprint density at radius 1 is 1.00 bits per heavy atom. The number of carbonyl (C=O) groups excluding carboxylic acids is 1. The molecular weight excluding hydrogens is 314 g/mol. The topological polar surface area (TPSA) is 74.8 Å². The molecule has 2 heterocycles. The number of rotatable bonds is 4. The first-order valence-corrected chi connectivity index (χ1v) is 8.01. The van der Waals surface area contributed by atoms with Crippen LogP contribution in [0.1, 0.15) is 38.8 Å². The Balaban J connectivity index is 1.96. The molecule has 0 radical (unpaired) electrons. The minimum Gasteiger partial charge on any atom is -0.341 e. The summed E-state index contributed by atoms with van der Waals surface area (Å²) < 4.78 is 0. The van der Waals surface area contributed by atoms with Crippen molar-refractivity contribution in [2.24, 2.45) is 0 Å². The van der Waals surface area contributed by atoms with Gasteiger partial charge in [-0.15, -0.1) is 0 Å². The van der Waals surface area contributed by atoms with Gasteiger partial charge in [0.15, 0.2) is 0 Å². The van der Waals surface area contributed by atoms with E-state index in [9.17, 15) is 9.59 Å². The summed E-state index contributed by atoms with van der Waals surface area (Å²) in [5.74, 6) is -0.295. The Bertz CT molecular complexity index is 931. The Kier molecular flexibility index (Phi) is 4.75. The van der Waals surface area contributed by atoms with Gasteiger partial charge in [-0.2, -0.15) is 0 Å². The molecule has 0 saturated carbocycles. The van der Waals surface area contributed by atoms with E-state index in [4.69, 9.17) is 0 Å². The smallest absolute Gasteiger partial charge is 0.252 e. The number of hydrogen-bond donors (Lipinski definition) is 2. The van der Waals surface area contributed by atoms with Crippen LogP contribution >= 0.6 is 0 Å². The van der Waals surface area contributed by atoms with Crippen LogP contribution in [0.25, 0.3) is 0 Å². The zero-order valence-electron chi connectivity index (χ0n) is 14.1. The van der Waals surface area contributed by atoms with Crippen molar-refractivity contribution in [3.05, 3.63) is 99.2 Å². The lowest BCUT2D eigenvalue weighted by molar-refractivity contribution is 0.0942.